The van der Waals surface area contributed by atoms with Gasteiger partial charge in [0.15, 0.2) is 17.7 Å². The van der Waals surface area contributed by atoms with E-state index >= 15 is 0 Å². The highest BCUT2D eigenvalue weighted by Crippen LogP contribution is 2.31. The minimum absolute atomic E-state index is 0. The maximum atomic E-state index is 12.3. The third kappa shape index (κ3) is 11.0. The van der Waals surface area contributed by atoms with Crippen LogP contribution in [-0.4, -0.2) is 139 Å². The SMILES string of the molecule is COC(=O)Nc1nc2cc(C(=O)c3cccs3)ccc2[nH]1.C[N+](C)(C)CCOC(N)=O.Nc1ncnc2c1ncn2[C@@H]1O[C@H](CO)[C@@H](O)[C@@H]1O.O.[Cl-]. The van der Waals surface area contributed by atoms with Crippen molar-refractivity contribution < 1.29 is 66.3 Å². The highest BCUT2D eigenvalue weighted by atomic mass is 35.5. The lowest BCUT2D eigenvalue weighted by molar-refractivity contribution is -0.870. The number of primary amides is 1. The number of anilines is 2. The maximum Gasteiger partial charge on any atom is 0.413 e. The van der Waals surface area contributed by atoms with Crippen molar-refractivity contribution in [1.82, 2.24) is 29.5 Å². The van der Waals surface area contributed by atoms with E-state index in [-0.39, 0.29) is 35.4 Å². The van der Waals surface area contributed by atoms with Crippen molar-refractivity contribution in [1.29, 1.82) is 0 Å². The van der Waals surface area contributed by atoms with Gasteiger partial charge in [0.05, 0.1) is 57.1 Å². The Bertz CT molecular complexity index is 1920. The molecule has 0 aliphatic carbocycles. The van der Waals surface area contributed by atoms with Gasteiger partial charge >= 0.3 is 12.2 Å². The summed E-state index contributed by atoms with van der Waals surface area (Å²) in [5.74, 6) is 0.449. The van der Waals surface area contributed by atoms with E-state index in [1.807, 2.05) is 32.6 Å². The van der Waals surface area contributed by atoms with Gasteiger partial charge in [-0.15, -0.1) is 11.3 Å². The van der Waals surface area contributed by atoms with Gasteiger partial charge in [-0.25, -0.2) is 29.5 Å². The lowest BCUT2D eigenvalue weighted by atomic mass is 10.1. The zero-order chi connectivity index (χ0) is 36.6. The first-order chi connectivity index (χ1) is 23.7. The Balaban J connectivity index is 0.000000281. The predicted octanol–water partition coefficient (Wildman–Crippen LogP) is -2.98. The number of aromatic amines is 1. The van der Waals surface area contributed by atoms with Crippen LogP contribution < -0.4 is 29.2 Å². The van der Waals surface area contributed by atoms with Crippen molar-refractivity contribution in [2.45, 2.75) is 24.5 Å². The quantitative estimate of drug-likeness (QED) is 0.0612. The normalized spacial score (nSPS) is 17.8. The van der Waals surface area contributed by atoms with E-state index in [0.717, 1.165) is 16.5 Å². The zero-order valence-corrected chi connectivity index (χ0v) is 30.0. The van der Waals surface area contributed by atoms with Crippen LogP contribution in [0.25, 0.3) is 22.2 Å². The number of nitrogen functional groups attached to an aromatic ring is 1. The van der Waals surface area contributed by atoms with Crippen LogP contribution in [0.1, 0.15) is 21.5 Å². The molecular weight excluding hydrogens is 728 g/mol. The number of halogens is 1. The minimum Gasteiger partial charge on any atom is -1.00 e. The topological polar surface area (TPSA) is 307 Å². The first kappa shape index (κ1) is 43.2. The summed E-state index contributed by atoms with van der Waals surface area (Å²) in [4.78, 5) is 53.2. The molecule has 4 atom stereocenters. The molecule has 5 aromatic rings. The molecule has 11 N–H and O–H groups in total. The molecule has 0 radical (unpaired) electrons. The first-order valence-corrected chi connectivity index (χ1v) is 15.8. The monoisotopic (exact) mass is 768 g/mol. The van der Waals surface area contributed by atoms with Crippen LogP contribution in [0.15, 0.2) is 48.4 Å². The highest BCUT2D eigenvalue weighted by molar-refractivity contribution is 7.12. The van der Waals surface area contributed by atoms with Gasteiger partial charge < -0.3 is 68.3 Å². The van der Waals surface area contributed by atoms with Crippen LogP contribution in [0.2, 0.25) is 0 Å². The number of aliphatic hydroxyl groups is 3. The average molecular weight is 769 g/mol. The summed E-state index contributed by atoms with van der Waals surface area (Å²) >= 11 is 1.40. The van der Waals surface area contributed by atoms with Gasteiger partial charge in [0.1, 0.15) is 43.3 Å². The zero-order valence-electron chi connectivity index (χ0n) is 28.5. The van der Waals surface area contributed by atoms with E-state index in [0.29, 0.717) is 33.7 Å². The van der Waals surface area contributed by atoms with Gasteiger partial charge in [-0.1, -0.05) is 6.07 Å². The molecule has 1 aliphatic heterocycles. The molecule has 1 fully saturated rings. The van der Waals surface area contributed by atoms with E-state index in [2.05, 4.69) is 39.7 Å². The van der Waals surface area contributed by atoms with Crippen molar-refractivity contribution in [2.75, 3.05) is 59.1 Å². The molecule has 0 spiro atoms. The van der Waals surface area contributed by atoms with Crippen LogP contribution in [0.3, 0.4) is 0 Å². The number of quaternary nitrogens is 1. The van der Waals surface area contributed by atoms with Crippen LogP contribution in [0.4, 0.5) is 21.4 Å². The number of nitrogens with zero attached hydrogens (tertiary/aromatic N) is 6. The lowest BCUT2D eigenvalue weighted by Gasteiger charge is -2.22. The molecule has 52 heavy (non-hydrogen) atoms. The molecule has 0 unspecified atom stereocenters. The Labute approximate surface area is 306 Å². The molecule has 2 amide bonds. The second-order valence-electron chi connectivity index (χ2n) is 11.7. The van der Waals surface area contributed by atoms with Gasteiger partial charge in [-0.2, -0.15) is 0 Å². The molecule has 284 valence electrons. The number of carbonyl (C=O) groups is 3. The van der Waals surface area contributed by atoms with Crippen LogP contribution in [0, 0.1) is 0 Å². The minimum atomic E-state index is -1.19. The van der Waals surface area contributed by atoms with Gasteiger partial charge in [0.25, 0.3) is 0 Å². The number of rotatable bonds is 8. The number of likely N-dealkylation sites (N-methyl/N-ethyl adjacent to an activating group) is 1. The number of amides is 2. The molecule has 0 saturated carbocycles. The largest absolute Gasteiger partial charge is 1.00 e. The fourth-order valence-corrected chi connectivity index (χ4v) is 5.18. The van der Waals surface area contributed by atoms with Crippen LogP contribution in [0.5, 0.6) is 0 Å². The van der Waals surface area contributed by atoms with Gasteiger partial charge in [0, 0.05) is 5.56 Å². The summed E-state index contributed by atoms with van der Waals surface area (Å²) in [5.41, 5.74) is 13.1. The molecule has 5 heterocycles. The average Bonchev–Trinajstić information content (AvgIpc) is 3.88. The van der Waals surface area contributed by atoms with Crippen molar-refractivity contribution >= 4 is 63.3 Å². The lowest BCUT2D eigenvalue weighted by Crippen LogP contribution is -3.00. The smallest absolute Gasteiger partial charge is 0.413 e. The van der Waals surface area contributed by atoms with Crippen LogP contribution in [-0.2, 0) is 14.2 Å². The number of carbonyl (C=O) groups excluding carboxylic acids is 3. The number of hydrogen-bond donors (Lipinski definition) is 7. The fraction of sp³-hybridized carbons (Fsp3) is 0.367. The number of nitrogens with one attached hydrogen (secondary N) is 2. The second-order valence-corrected chi connectivity index (χ2v) is 12.7. The van der Waals surface area contributed by atoms with Gasteiger partial charge in [0.2, 0.25) is 11.7 Å². The Morgan fingerprint density at radius 1 is 1.13 bits per heavy atom. The van der Waals surface area contributed by atoms with Gasteiger partial charge in [-0.05, 0) is 29.6 Å². The predicted molar refractivity (Wildman–Crippen MR) is 185 cm³/mol. The molecule has 0 bridgehead atoms. The van der Waals surface area contributed by atoms with Crippen molar-refractivity contribution in [3.8, 4) is 0 Å². The summed E-state index contributed by atoms with van der Waals surface area (Å²) in [7, 11) is 7.33. The summed E-state index contributed by atoms with van der Waals surface area (Å²) in [6, 6.07) is 8.79. The van der Waals surface area contributed by atoms with Crippen molar-refractivity contribution in [2.24, 2.45) is 5.73 Å². The number of ketones is 1. The molecule has 6 rings (SSSR count). The number of hydrogen-bond acceptors (Lipinski definition) is 15. The standard InChI is InChI=1S/C14H11N3O3S.C10H13N5O4.C6H14N2O2.ClH.H2O/c1-20-14(19)17-13-15-9-5-4-8(7-10(9)16-13)12(18)11-3-2-6-21-11;11-8-5-9(13-2-12-8)15(3-14-5)10-7(18)6(17)4(1-16)19-10;1-8(2,3)4-5-10-6(7)9;;/h2-7H,1H3,(H2,15,16,17,19);2-4,6-7,10,16-18H,1H2,(H2,11,12,13);4-5H2,1-3H3,(H-,7,9);1H;1H2/t;4-,6-,7+,10-;;;/m.1.../s1. The fourth-order valence-electron chi connectivity index (χ4n) is 4.49. The van der Waals surface area contributed by atoms with E-state index in [1.165, 1.54) is 35.7 Å². The van der Waals surface area contributed by atoms with Crippen LogP contribution >= 0.6 is 11.3 Å². The molecule has 22 heteroatoms. The molecule has 4 aromatic heterocycles. The third-order valence-corrected chi connectivity index (χ3v) is 7.95. The summed E-state index contributed by atoms with van der Waals surface area (Å²) in [6.45, 7) is 0.778. The second kappa shape index (κ2) is 19.0. The number of H-pyrrole nitrogens is 1. The Hall–Kier alpha value is -5.00. The maximum absolute atomic E-state index is 12.3. The molecule has 20 nitrogen and oxygen atoms in total. The summed E-state index contributed by atoms with van der Waals surface area (Å²) < 4.78 is 16.7. The number of methoxy groups -OCH3 is 1. The van der Waals surface area contributed by atoms with Gasteiger partial charge in [-0.3, -0.25) is 14.7 Å². The van der Waals surface area contributed by atoms with Crippen molar-refractivity contribution in [3.05, 3.63) is 58.8 Å². The first-order valence-electron chi connectivity index (χ1n) is 14.9. The number of aromatic nitrogens is 6. The van der Waals surface area contributed by atoms with E-state index in [4.69, 9.17) is 21.3 Å². The van der Waals surface area contributed by atoms with E-state index < -0.39 is 43.3 Å². The number of fused-ring (bicyclic) bond motifs is 2. The third-order valence-electron chi connectivity index (χ3n) is 7.08. The molecular formula is C30H41ClN10O10S. The Kier molecular flexibility index (Phi) is 15.8. The van der Waals surface area contributed by atoms with E-state index in [1.54, 1.807) is 24.3 Å². The Morgan fingerprint density at radius 3 is 2.46 bits per heavy atom. The molecule has 1 aromatic carbocycles. The number of aliphatic hydroxyl groups excluding tert-OH is 3. The number of thiophene rings is 1. The Morgan fingerprint density at radius 2 is 1.87 bits per heavy atom. The molecule has 1 saturated heterocycles. The number of imidazole rings is 2. The highest BCUT2D eigenvalue weighted by Gasteiger charge is 2.44. The summed E-state index contributed by atoms with van der Waals surface area (Å²) in [5, 5.41) is 33.0. The number of nitrogens with two attached hydrogens (primary N) is 2. The number of benzene rings is 1. The molecule has 1 aliphatic rings. The summed E-state index contributed by atoms with van der Waals surface area (Å²) in [6.07, 6.45) is -2.73. The number of ether oxygens (including phenoxy) is 3. The van der Waals surface area contributed by atoms with Crippen molar-refractivity contribution in [3.63, 3.8) is 0 Å². The van der Waals surface area contributed by atoms with E-state index in [9.17, 15) is 24.6 Å².